The van der Waals surface area contributed by atoms with Crippen LogP contribution in [0.2, 0.25) is 0 Å². The molecule has 0 radical (unpaired) electrons. The molecule has 2 aromatic rings. The van der Waals surface area contributed by atoms with Crippen LogP contribution in [0, 0.1) is 5.41 Å². The Labute approximate surface area is 106 Å². The molecule has 0 amide bonds. The molecule has 94 valence electrons. The van der Waals surface area contributed by atoms with Crippen molar-refractivity contribution in [1.29, 1.82) is 0 Å². The van der Waals surface area contributed by atoms with Crippen LogP contribution in [0.1, 0.15) is 25.6 Å². The normalized spacial score (nSPS) is 11.8. The van der Waals surface area contributed by atoms with Crippen molar-refractivity contribution >= 4 is 29.4 Å². The monoisotopic (exact) mass is 245 g/mol. The first-order valence-corrected chi connectivity index (χ1v) is 5.83. The smallest absolute Gasteiger partial charge is 0.423 e. The first-order chi connectivity index (χ1) is 8.32. The van der Waals surface area contributed by atoms with Crippen LogP contribution in [0.15, 0.2) is 30.5 Å². The number of fused-ring (bicyclic) bond motifs is 1. The van der Waals surface area contributed by atoms with Gasteiger partial charge in [-0.2, -0.15) is 0 Å². The Morgan fingerprint density at radius 1 is 1.22 bits per heavy atom. The Balaban J connectivity index is 2.70. The summed E-state index contributed by atoms with van der Waals surface area (Å²) in [5.41, 5.74) is 0.377. The van der Waals surface area contributed by atoms with Gasteiger partial charge in [0.1, 0.15) is 0 Å². The Morgan fingerprint density at radius 3 is 2.44 bits per heavy atom. The minimum Gasteiger partial charge on any atom is -0.423 e. The molecule has 0 aliphatic heterocycles. The first kappa shape index (κ1) is 12.9. The Hall–Kier alpha value is -1.59. The lowest BCUT2D eigenvalue weighted by Gasteiger charge is -2.18. The minimum atomic E-state index is -1.59. The molecule has 0 fully saturated rings. The van der Waals surface area contributed by atoms with Crippen molar-refractivity contribution < 1.29 is 14.8 Å². The topological polar surface area (TPSA) is 62.5 Å². The van der Waals surface area contributed by atoms with Crippen LogP contribution in [-0.4, -0.2) is 27.6 Å². The van der Waals surface area contributed by atoms with E-state index in [9.17, 15) is 14.8 Å². The van der Waals surface area contributed by atoms with Gasteiger partial charge in [-0.3, -0.25) is 9.36 Å². The molecule has 0 atom stereocenters. The molecule has 0 bridgehead atoms. The van der Waals surface area contributed by atoms with E-state index in [0.717, 1.165) is 5.39 Å². The lowest BCUT2D eigenvalue weighted by Crippen LogP contribution is -2.34. The Bertz CT molecular complexity index is 596. The van der Waals surface area contributed by atoms with E-state index in [-0.39, 0.29) is 5.91 Å². The molecule has 0 unspecified atom stereocenters. The standard InChI is InChI=1S/C13H16BNO3/c1-13(2,3)12(16)15-8-7-9-5-4-6-10(11(9)15)14(17)18/h4-8,17-18H,1-3H3. The third-order valence-electron chi connectivity index (χ3n) is 2.88. The highest BCUT2D eigenvalue weighted by Crippen LogP contribution is 2.21. The van der Waals surface area contributed by atoms with Crippen molar-refractivity contribution in [1.82, 2.24) is 4.57 Å². The van der Waals surface area contributed by atoms with Gasteiger partial charge in [0.05, 0.1) is 5.52 Å². The summed E-state index contributed by atoms with van der Waals surface area (Å²) in [6.07, 6.45) is 1.67. The average molecular weight is 245 g/mol. The molecule has 0 saturated carbocycles. The number of nitrogens with zero attached hydrogens (tertiary/aromatic N) is 1. The highest BCUT2D eigenvalue weighted by atomic mass is 16.4. The van der Waals surface area contributed by atoms with Crippen molar-refractivity contribution in [2.24, 2.45) is 5.41 Å². The Morgan fingerprint density at radius 2 is 1.89 bits per heavy atom. The van der Waals surface area contributed by atoms with Crippen LogP contribution in [0.3, 0.4) is 0 Å². The molecule has 2 N–H and O–H groups in total. The predicted octanol–water partition coefficient (Wildman–Crippen LogP) is 1.01. The summed E-state index contributed by atoms with van der Waals surface area (Å²) >= 11 is 0. The summed E-state index contributed by atoms with van der Waals surface area (Å²) in [5.74, 6) is -0.0781. The fraction of sp³-hybridized carbons (Fsp3) is 0.308. The molecular weight excluding hydrogens is 229 g/mol. The maximum absolute atomic E-state index is 12.3. The van der Waals surface area contributed by atoms with Crippen LogP contribution in [0.5, 0.6) is 0 Å². The molecule has 0 saturated heterocycles. The molecule has 18 heavy (non-hydrogen) atoms. The number of benzene rings is 1. The van der Waals surface area contributed by atoms with E-state index in [1.54, 1.807) is 24.4 Å². The number of carbonyl (C=O) groups excluding carboxylic acids is 1. The first-order valence-electron chi connectivity index (χ1n) is 5.83. The van der Waals surface area contributed by atoms with Crippen molar-refractivity contribution in [2.75, 3.05) is 0 Å². The van der Waals surface area contributed by atoms with E-state index < -0.39 is 12.5 Å². The molecule has 5 heteroatoms. The van der Waals surface area contributed by atoms with Crippen molar-refractivity contribution in [2.45, 2.75) is 20.8 Å². The van der Waals surface area contributed by atoms with Gasteiger partial charge in [0, 0.05) is 17.1 Å². The molecular formula is C13H16BNO3. The van der Waals surface area contributed by atoms with E-state index in [1.165, 1.54) is 4.57 Å². The van der Waals surface area contributed by atoms with Crippen molar-refractivity contribution in [3.63, 3.8) is 0 Å². The molecule has 1 heterocycles. The predicted molar refractivity (Wildman–Crippen MR) is 71.8 cm³/mol. The molecule has 1 aromatic heterocycles. The van der Waals surface area contributed by atoms with Gasteiger partial charge in [-0.05, 0) is 11.5 Å². The van der Waals surface area contributed by atoms with Crippen LogP contribution >= 0.6 is 0 Å². The summed E-state index contributed by atoms with van der Waals surface area (Å²) in [4.78, 5) is 12.3. The summed E-state index contributed by atoms with van der Waals surface area (Å²) in [6, 6.07) is 6.99. The number of para-hydroxylation sites is 1. The lowest BCUT2D eigenvalue weighted by atomic mass is 9.79. The van der Waals surface area contributed by atoms with Gasteiger partial charge in [-0.25, -0.2) is 0 Å². The van der Waals surface area contributed by atoms with E-state index in [2.05, 4.69) is 0 Å². The van der Waals surface area contributed by atoms with E-state index in [0.29, 0.717) is 11.0 Å². The average Bonchev–Trinajstić information content (AvgIpc) is 2.69. The van der Waals surface area contributed by atoms with Gasteiger partial charge < -0.3 is 10.0 Å². The van der Waals surface area contributed by atoms with Crippen LogP contribution in [-0.2, 0) is 0 Å². The van der Waals surface area contributed by atoms with Crippen LogP contribution in [0.4, 0.5) is 0 Å². The number of rotatable bonds is 1. The van der Waals surface area contributed by atoms with Crippen LogP contribution < -0.4 is 5.46 Å². The second kappa shape index (κ2) is 4.26. The highest BCUT2D eigenvalue weighted by molar-refractivity contribution is 6.61. The summed E-state index contributed by atoms with van der Waals surface area (Å²) in [7, 11) is -1.59. The highest BCUT2D eigenvalue weighted by Gasteiger charge is 2.26. The summed E-state index contributed by atoms with van der Waals surface area (Å²) < 4.78 is 1.49. The van der Waals surface area contributed by atoms with Gasteiger partial charge in [0.15, 0.2) is 0 Å². The van der Waals surface area contributed by atoms with E-state index >= 15 is 0 Å². The van der Waals surface area contributed by atoms with Crippen molar-refractivity contribution in [3.8, 4) is 0 Å². The molecule has 1 aromatic carbocycles. The fourth-order valence-corrected chi connectivity index (χ4v) is 1.96. The third kappa shape index (κ3) is 2.07. The zero-order valence-electron chi connectivity index (χ0n) is 10.7. The second-order valence-corrected chi connectivity index (χ2v) is 5.40. The minimum absolute atomic E-state index is 0.0781. The molecule has 2 rings (SSSR count). The van der Waals surface area contributed by atoms with Gasteiger partial charge in [-0.1, -0.05) is 39.0 Å². The maximum atomic E-state index is 12.3. The van der Waals surface area contributed by atoms with E-state index in [4.69, 9.17) is 0 Å². The molecule has 4 nitrogen and oxygen atoms in total. The molecule has 0 aliphatic rings. The van der Waals surface area contributed by atoms with E-state index in [1.807, 2.05) is 26.8 Å². The zero-order chi connectivity index (χ0) is 13.5. The summed E-state index contributed by atoms with van der Waals surface area (Å²) in [5, 5.41) is 19.6. The molecule has 0 spiro atoms. The second-order valence-electron chi connectivity index (χ2n) is 5.40. The maximum Gasteiger partial charge on any atom is 0.490 e. The quantitative estimate of drug-likeness (QED) is 0.737. The van der Waals surface area contributed by atoms with Gasteiger partial charge >= 0.3 is 7.12 Å². The lowest BCUT2D eigenvalue weighted by molar-refractivity contribution is 0.0773. The summed E-state index contributed by atoms with van der Waals surface area (Å²) in [6.45, 7) is 5.50. The Kier molecular flexibility index (Phi) is 3.05. The largest absolute Gasteiger partial charge is 0.490 e. The van der Waals surface area contributed by atoms with Gasteiger partial charge in [0.25, 0.3) is 0 Å². The fourth-order valence-electron chi connectivity index (χ4n) is 1.96. The number of aromatic nitrogens is 1. The van der Waals surface area contributed by atoms with Crippen LogP contribution in [0.25, 0.3) is 10.9 Å². The number of hydrogen-bond donors (Lipinski definition) is 2. The number of hydrogen-bond acceptors (Lipinski definition) is 3. The molecule has 0 aliphatic carbocycles. The third-order valence-corrected chi connectivity index (χ3v) is 2.88. The number of carbonyl (C=O) groups is 1. The zero-order valence-corrected chi connectivity index (χ0v) is 10.7. The van der Waals surface area contributed by atoms with Gasteiger partial charge in [0.2, 0.25) is 5.91 Å². The SMILES string of the molecule is CC(C)(C)C(=O)n1ccc2cccc(B(O)O)c21. The van der Waals surface area contributed by atoms with Crippen molar-refractivity contribution in [3.05, 3.63) is 30.5 Å². The van der Waals surface area contributed by atoms with Gasteiger partial charge in [-0.15, -0.1) is 0 Å².